The molecular weight excluding hydrogens is 398 g/mol. The molecular formula is C14H16NO2W-. The summed E-state index contributed by atoms with van der Waals surface area (Å²) >= 11 is 1.36. The third kappa shape index (κ3) is 2.67. The molecule has 1 rings (SSSR count). The predicted octanol–water partition coefficient (Wildman–Crippen LogP) is 1.07. The molecule has 96 valence electrons. The molecule has 0 heterocycles. The molecule has 0 unspecified atom stereocenters. The fourth-order valence-corrected chi connectivity index (χ4v) is 2.41. The number of rotatable bonds is 5. The van der Waals surface area contributed by atoms with Gasteiger partial charge in [0, 0.05) is 0 Å². The standard InChI is InChI=1S/C14H16NO2.W/c1-8(2)11(9(3)4)7-15(6)12-10(5)13(16)14(12)17;/h1,3H,7H2,2,4-6H3;/q-1;. The van der Waals surface area contributed by atoms with Gasteiger partial charge in [-0.05, 0) is 0 Å². The Morgan fingerprint density at radius 3 is 2.28 bits per heavy atom. The molecule has 0 aliphatic heterocycles. The van der Waals surface area contributed by atoms with Crippen LogP contribution in [0.25, 0.3) is 0 Å². The van der Waals surface area contributed by atoms with E-state index in [9.17, 15) is 9.59 Å². The normalized spacial score (nSPS) is 12.2. The molecule has 0 saturated carbocycles. The van der Waals surface area contributed by atoms with Crippen LogP contribution in [0.15, 0.2) is 26.3 Å². The number of likely N-dealkylation sites (N-methyl/N-ethyl adjacent to an activating group) is 1. The van der Waals surface area contributed by atoms with Crippen molar-refractivity contribution in [3.05, 3.63) is 49.3 Å². The summed E-state index contributed by atoms with van der Waals surface area (Å²) in [5.74, 6) is 0. The molecule has 3 nitrogen and oxygen atoms in total. The van der Waals surface area contributed by atoms with Gasteiger partial charge >= 0.3 is 118 Å². The molecule has 0 atom stereocenters. The van der Waals surface area contributed by atoms with Crippen LogP contribution in [0.2, 0.25) is 0 Å². The maximum atomic E-state index is 11.5. The number of anilines is 1. The summed E-state index contributed by atoms with van der Waals surface area (Å²) in [6, 6.07) is 0. The van der Waals surface area contributed by atoms with Crippen molar-refractivity contribution in [1.29, 1.82) is 0 Å². The van der Waals surface area contributed by atoms with Gasteiger partial charge in [0.15, 0.2) is 0 Å². The van der Waals surface area contributed by atoms with Crippen molar-refractivity contribution in [2.75, 3.05) is 18.5 Å². The Morgan fingerprint density at radius 1 is 1.33 bits per heavy atom. The molecule has 4 heteroatoms. The minimum atomic E-state index is -0.396. The van der Waals surface area contributed by atoms with E-state index < -0.39 is 5.43 Å². The van der Waals surface area contributed by atoms with Crippen molar-refractivity contribution < 1.29 is 19.4 Å². The molecule has 0 bridgehead atoms. The fourth-order valence-electron chi connectivity index (χ4n) is 1.90. The van der Waals surface area contributed by atoms with Crippen LogP contribution in [-0.4, -0.2) is 18.0 Å². The second-order valence-corrected chi connectivity index (χ2v) is 5.30. The first kappa shape index (κ1) is 15.0. The van der Waals surface area contributed by atoms with Gasteiger partial charge in [0.25, 0.3) is 0 Å². The molecule has 18 heavy (non-hydrogen) atoms. The SMILES string of the molecule is [CH-]=C(C)C(CN(C)c1c(C)c(=O)c1=O)=C(C)[CH]=[W]. The molecule has 0 N–H and O–H groups in total. The summed E-state index contributed by atoms with van der Waals surface area (Å²) in [6.45, 7) is 11.9. The summed E-state index contributed by atoms with van der Waals surface area (Å²) in [5, 5.41) is 0. The Balaban J connectivity index is 3.05. The van der Waals surface area contributed by atoms with Crippen LogP contribution in [-0.2, 0) is 19.4 Å². The predicted molar refractivity (Wildman–Crippen MR) is 71.6 cm³/mol. The monoisotopic (exact) mass is 414 g/mol. The summed E-state index contributed by atoms with van der Waals surface area (Å²) in [6.07, 6.45) is 0. The Morgan fingerprint density at radius 2 is 1.89 bits per heavy atom. The zero-order valence-corrected chi connectivity index (χ0v) is 14.0. The molecule has 0 amide bonds. The maximum absolute atomic E-state index is 11.5. The van der Waals surface area contributed by atoms with Crippen molar-refractivity contribution in [3.8, 4) is 0 Å². The second-order valence-electron chi connectivity index (χ2n) is 4.45. The number of hydrogen-bond acceptors (Lipinski definition) is 3. The van der Waals surface area contributed by atoms with E-state index in [-0.39, 0.29) is 5.43 Å². The molecule has 0 aromatic heterocycles. The van der Waals surface area contributed by atoms with Crippen LogP contribution >= 0.6 is 0 Å². The topological polar surface area (TPSA) is 37.4 Å². The van der Waals surface area contributed by atoms with E-state index in [1.54, 1.807) is 11.8 Å². The van der Waals surface area contributed by atoms with Gasteiger partial charge in [-0.1, -0.05) is 0 Å². The third-order valence-corrected chi connectivity index (χ3v) is 4.29. The van der Waals surface area contributed by atoms with Crippen LogP contribution in [0, 0.1) is 13.5 Å². The van der Waals surface area contributed by atoms with Gasteiger partial charge in [-0.2, -0.15) is 0 Å². The molecule has 0 aliphatic rings. The Labute approximate surface area is 118 Å². The summed E-state index contributed by atoms with van der Waals surface area (Å²) in [4.78, 5) is 24.5. The molecule has 0 radical (unpaired) electrons. The minimum absolute atomic E-state index is 0.376. The quantitative estimate of drug-likeness (QED) is 0.411. The summed E-state index contributed by atoms with van der Waals surface area (Å²) in [5.41, 5.74) is 3.16. The molecule has 1 aromatic carbocycles. The van der Waals surface area contributed by atoms with Gasteiger partial charge in [0.1, 0.15) is 0 Å². The van der Waals surface area contributed by atoms with Crippen molar-refractivity contribution >= 4 is 10.1 Å². The molecule has 1 aromatic rings. The number of allylic oxidation sites excluding steroid dienone is 1. The first-order valence-electron chi connectivity index (χ1n) is 5.56. The Bertz CT molecular complexity index is 604. The van der Waals surface area contributed by atoms with Crippen molar-refractivity contribution in [1.82, 2.24) is 0 Å². The summed E-state index contributed by atoms with van der Waals surface area (Å²) in [7, 11) is 1.81. The fraction of sp³-hybridized carbons (Fsp3) is 0.357. The molecule has 0 aliphatic carbocycles. The molecule has 0 saturated heterocycles. The average molecular weight is 414 g/mol. The van der Waals surface area contributed by atoms with Gasteiger partial charge in [0.05, 0.1) is 0 Å². The van der Waals surface area contributed by atoms with Gasteiger partial charge in [0.2, 0.25) is 0 Å². The summed E-state index contributed by atoms with van der Waals surface area (Å²) < 4.78 is 2.06. The molecule has 0 fully saturated rings. The van der Waals surface area contributed by atoms with Gasteiger partial charge < -0.3 is 0 Å². The van der Waals surface area contributed by atoms with E-state index in [0.29, 0.717) is 17.8 Å². The second kappa shape index (κ2) is 5.71. The zero-order valence-electron chi connectivity index (χ0n) is 11.0. The Hall–Kier alpha value is -1.08. The average Bonchev–Trinajstić information content (AvgIpc) is 2.34. The van der Waals surface area contributed by atoms with Crippen molar-refractivity contribution in [2.24, 2.45) is 0 Å². The van der Waals surface area contributed by atoms with Crippen LogP contribution in [0.5, 0.6) is 0 Å². The van der Waals surface area contributed by atoms with Crippen molar-refractivity contribution in [3.63, 3.8) is 0 Å². The van der Waals surface area contributed by atoms with E-state index in [2.05, 4.69) is 4.40 Å². The van der Waals surface area contributed by atoms with E-state index in [1.165, 1.54) is 19.4 Å². The van der Waals surface area contributed by atoms with Crippen LogP contribution in [0.3, 0.4) is 0 Å². The first-order chi connectivity index (χ1) is 8.31. The van der Waals surface area contributed by atoms with Crippen molar-refractivity contribution in [2.45, 2.75) is 20.8 Å². The van der Waals surface area contributed by atoms with Gasteiger partial charge in [-0.25, -0.2) is 0 Å². The molecule has 0 spiro atoms. The number of nitrogens with zero attached hydrogens (tertiary/aromatic N) is 1. The van der Waals surface area contributed by atoms with E-state index in [4.69, 9.17) is 6.58 Å². The number of hydrogen-bond donors (Lipinski definition) is 0. The zero-order chi connectivity index (χ0) is 14.0. The van der Waals surface area contributed by atoms with E-state index in [1.807, 2.05) is 20.9 Å². The first-order valence-corrected chi connectivity index (χ1v) is 7.26. The van der Waals surface area contributed by atoms with Crippen LogP contribution in [0.4, 0.5) is 5.69 Å². The van der Waals surface area contributed by atoms with Crippen LogP contribution in [0.1, 0.15) is 19.4 Å². The van der Waals surface area contributed by atoms with Crippen LogP contribution < -0.4 is 15.8 Å². The third-order valence-electron chi connectivity index (χ3n) is 3.02. The van der Waals surface area contributed by atoms with Gasteiger partial charge in [-0.3, -0.25) is 0 Å². The van der Waals surface area contributed by atoms with E-state index in [0.717, 1.165) is 16.7 Å². The van der Waals surface area contributed by atoms with Gasteiger partial charge in [-0.15, -0.1) is 0 Å². The Kier molecular flexibility index (Phi) is 4.75. The van der Waals surface area contributed by atoms with E-state index >= 15 is 0 Å².